The number of carbonyl (C=O) groups excluding carboxylic acids is 1. The van der Waals surface area contributed by atoms with Crippen LogP contribution in [0, 0.1) is 5.92 Å². The predicted molar refractivity (Wildman–Crippen MR) is 112 cm³/mol. The lowest BCUT2D eigenvalue weighted by Gasteiger charge is -2.32. The summed E-state index contributed by atoms with van der Waals surface area (Å²) in [6.07, 6.45) is 5.11. The Morgan fingerprint density at radius 3 is 2.53 bits per heavy atom. The molecular formula is C23H30N2O5. The maximum atomic E-state index is 13.3. The van der Waals surface area contributed by atoms with Crippen molar-refractivity contribution < 1.29 is 23.5 Å². The largest absolute Gasteiger partial charge is 0.493 e. The first-order chi connectivity index (χ1) is 14.5. The van der Waals surface area contributed by atoms with E-state index in [1.165, 1.54) is 5.56 Å². The average molecular weight is 415 g/mol. The molecule has 7 nitrogen and oxygen atoms in total. The molecule has 1 fully saturated rings. The van der Waals surface area contributed by atoms with Gasteiger partial charge < -0.3 is 23.6 Å². The molecule has 7 heteroatoms. The number of hydrogen-bond donors (Lipinski definition) is 0. The molecule has 2 heterocycles. The minimum absolute atomic E-state index is 0.0410. The van der Waals surface area contributed by atoms with Gasteiger partial charge in [0.2, 0.25) is 5.75 Å². The minimum Gasteiger partial charge on any atom is -0.493 e. The molecule has 162 valence electrons. The maximum absolute atomic E-state index is 13.3. The van der Waals surface area contributed by atoms with Gasteiger partial charge in [-0.15, -0.1) is 0 Å². The number of likely N-dealkylation sites (tertiary alicyclic amines) is 1. The van der Waals surface area contributed by atoms with Gasteiger partial charge in [0.1, 0.15) is 5.76 Å². The van der Waals surface area contributed by atoms with Crippen molar-refractivity contribution in [1.82, 2.24) is 10.1 Å². The molecule has 1 aliphatic heterocycles. The van der Waals surface area contributed by atoms with Crippen LogP contribution in [0.15, 0.2) is 16.7 Å². The highest BCUT2D eigenvalue weighted by atomic mass is 16.5. The molecule has 2 atom stereocenters. The van der Waals surface area contributed by atoms with Crippen LogP contribution >= 0.6 is 0 Å². The first-order valence-electron chi connectivity index (χ1n) is 10.6. The second-order valence-electron chi connectivity index (χ2n) is 8.32. The summed E-state index contributed by atoms with van der Waals surface area (Å²) >= 11 is 0. The smallest absolute Gasteiger partial charge is 0.254 e. The van der Waals surface area contributed by atoms with Crippen molar-refractivity contribution in [3.8, 4) is 17.2 Å². The summed E-state index contributed by atoms with van der Waals surface area (Å²) in [5, 5.41) is 4.33. The summed E-state index contributed by atoms with van der Waals surface area (Å²) in [5.74, 6) is 3.22. The Hall–Kier alpha value is -2.70. The third-order valence-electron chi connectivity index (χ3n) is 6.32. The third-order valence-corrected chi connectivity index (χ3v) is 6.32. The number of rotatable bonds is 5. The molecule has 1 aromatic heterocycles. The molecule has 1 aromatic carbocycles. The summed E-state index contributed by atoms with van der Waals surface area (Å²) in [6, 6.07) is 3.43. The monoisotopic (exact) mass is 414 g/mol. The number of ether oxygens (including phenoxy) is 3. The molecular weight excluding hydrogens is 384 g/mol. The highest BCUT2D eigenvalue weighted by molar-refractivity contribution is 5.95. The molecule has 4 rings (SSSR count). The number of benzene rings is 1. The van der Waals surface area contributed by atoms with Gasteiger partial charge in [0, 0.05) is 30.1 Å². The van der Waals surface area contributed by atoms with E-state index in [9.17, 15) is 4.79 Å². The molecule has 1 saturated heterocycles. The highest BCUT2D eigenvalue weighted by Gasteiger charge is 2.33. The summed E-state index contributed by atoms with van der Waals surface area (Å²) in [5.41, 5.74) is 2.91. The Kier molecular flexibility index (Phi) is 5.88. The van der Waals surface area contributed by atoms with Gasteiger partial charge in [0.05, 0.1) is 27.0 Å². The van der Waals surface area contributed by atoms with Gasteiger partial charge in [-0.05, 0) is 50.2 Å². The van der Waals surface area contributed by atoms with Gasteiger partial charge in [-0.2, -0.15) is 0 Å². The fourth-order valence-electron chi connectivity index (χ4n) is 4.69. The lowest BCUT2D eigenvalue weighted by molar-refractivity contribution is 0.0696. The zero-order valence-electron chi connectivity index (χ0n) is 18.2. The highest BCUT2D eigenvalue weighted by Crippen LogP contribution is 2.39. The van der Waals surface area contributed by atoms with Crippen molar-refractivity contribution >= 4 is 5.91 Å². The molecule has 0 radical (unpaired) electrons. The summed E-state index contributed by atoms with van der Waals surface area (Å²) in [6.45, 7) is 3.63. The number of nitrogens with zero attached hydrogens (tertiary/aromatic N) is 2. The van der Waals surface area contributed by atoms with Crippen LogP contribution in [0.5, 0.6) is 17.2 Å². The van der Waals surface area contributed by atoms with E-state index in [0.29, 0.717) is 35.3 Å². The van der Waals surface area contributed by atoms with Crippen LogP contribution in [0.4, 0.5) is 0 Å². The van der Waals surface area contributed by atoms with Crippen molar-refractivity contribution in [3.05, 3.63) is 34.7 Å². The van der Waals surface area contributed by atoms with Crippen LogP contribution in [-0.2, 0) is 12.8 Å². The normalized spacial score (nSPS) is 21.1. The van der Waals surface area contributed by atoms with Crippen molar-refractivity contribution in [3.63, 3.8) is 0 Å². The molecule has 0 saturated carbocycles. The number of fused-ring (bicyclic) bond motifs is 1. The van der Waals surface area contributed by atoms with Gasteiger partial charge in [-0.1, -0.05) is 12.1 Å². The number of aromatic nitrogens is 1. The SMILES string of the molecule is COc1cc(C(=O)N2CCC[C@@H](c3onc4c3C[C@H](C)CC4)C2)cc(OC)c1OC. The second-order valence-corrected chi connectivity index (χ2v) is 8.32. The Bertz CT molecular complexity index is 897. The van der Waals surface area contributed by atoms with Crippen molar-refractivity contribution in [1.29, 1.82) is 0 Å². The Labute approximate surface area is 177 Å². The van der Waals surface area contributed by atoms with Crippen LogP contribution in [0.2, 0.25) is 0 Å². The first-order valence-corrected chi connectivity index (χ1v) is 10.6. The molecule has 0 N–H and O–H groups in total. The van der Waals surface area contributed by atoms with E-state index in [-0.39, 0.29) is 11.8 Å². The topological polar surface area (TPSA) is 74.0 Å². The van der Waals surface area contributed by atoms with E-state index in [1.54, 1.807) is 33.5 Å². The molecule has 0 bridgehead atoms. The molecule has 1 amide bonds. The molecule has 0 spiro atoms. The molecule has 30 heavy (non-hydrogen) atoms. The number of aryl methyl sites for hydroxylation is 1. The van der Waals surface area contributed by atoms with Crippen LogP contribution in [0.1, 0.15) is 59.5 Å². The minimum atomic E-state index is -0.0410. The number of piperidine rings is 1. The average Bonchev–Trinajstić information content (AvgIpc) is 3.20. The number of carbonyl (C=O) groups is 1. The third kappa shape index (κ3) is 3.73. The molecule has 2 aliphatic rings. The van der Waals surface area contributed by atoms with E-state index in [4.69, 9.17) is 18.7 Å². The fourth-order valence-corrected chi connectivity index (χ4v) is 4.69. The molecule has 0 unspecified atom stereocenters. The first kappa shape index (κ1) is 20.6. The molecule has 1 aliphatic carbocycles. The molecule has 2 aromatic rings. The van der Waals surface area contributed by atoms with Gasteiger partial charge >= 0.3 is 0 Å². The van der Waals surface area contributed by atoms with E-state index >= 15 is 0 Å². The zero-order valence-corrected chi connectivity index (χ0v) is 18.2. The van der Waals surface area contributed by atoms with Crippen molar-refractivity contribution in [2.45, 2.75) is 44.9 Å². The standard InChI is InChI=1S/C23H30N2O5/c1-14-7-8-18-17(10-14)21(30-24-18)15-6-5-9-25(13-15)23(26)16-11-19(27-2)22(29-4)20(12-16)28-3/h11-12,14-15H,5-10,13H2,1-4H3/t14-,15-/m1/s1. The van der Waals surface area contributed by atoms with Crippen LogP contribution in [0.3, 0.4) is 0 Å². The fraction of sp³-hybridized carbons (Fsp3) is 0.565. The van der Waals surface area contributed by atoms with Gasteiger partial charge in [-0.25, -0.2) is 0 Å². The van der Waals surface area contributed by atoms with Crippen molar-refractivity contribution in [2.75, 3.05) is 34.4 Å². The number of methoxy groups -OCH3 is 3. The predicted octanol–water partition coefficient (Wildman–Crippen LogP) is 3.85. The van der Waals surface area contributed by atoms with Gasteiger partial charge in [0.15, 0.2) is 11.5 Å². The number of hydrogen-bond acceptors (Lipinski definition) is 6. The quantitative estimate of drug-likeness (QED) is 0.740. The van der Waals surface area contributed by atoms with Gasteiger partial charge in [0.25, 0.3) is 5.91 Å². The Morgan fingerprint density at radius 2 is 1.87 bits per heavy atom. The number of amides is 1. The second kappa shape index (κ2) is 8.58. The lowest BCUT2D eigenvalue weighted by atomic mass is 9.84. The van der Waals surface area contributed by atoms with Crippen LogP contribution in [-0.4, -0.2) is 50.4 Å². The van der Waals surface area contributed by atoms with E-state index in [1.807, 2.05) is 4.90 Å². The Morgan fingerprint density at radius 1 is 1.13 bits per heavy atom. The van der Waals surface area contributed by atoms with Crippen LogP contribution in [0.25, 0.3) is 0 Å². The van der Waals surface area contributed by atoms with E-state index in [0.717, 1.165) is 50.1 Å². The van der Waals surface area contributed by atoms with Crippen LogP contribution < -0.4 is 14.2 Å². The lowest BCUT2D eigenvalue weighted by Crippen LogP contribution is -2.39. The summed E-state index contributed by atoms with van der Waals surface area (Å²) < 4.78 is 22.0. The van der Waals surface area contributed by atoms with Crippen molar-refractivity contribution in [2.24, 2.45) is 5.92 Å². The summed E-state index contributed by atoms with van der Waals surface area (Å²) in [4.78, 5) is 15.2. The van der Waals surface area contributed by atoms with Gasteiger partial charge in [-0.3, -0.25) is 4.79 Å². The maximum Gasteiger partial charge on any atom is 0.254 e. The van der Waals surface area contributed by atoms with E-state index in [2.05, 4.69) is 12.1 Å². The van der Waals surface area contributed by atoms with E-state index < -0.39 is 0 Å². The summed E-state index contributed by atoms with van der Waals surface area (Å²) in [7, 11) is 4.66. The Balaban J connectivity index is 1.57. The zero-order chi connectivity index (χ0) is 21.3.